The number of halogens is 2. The lowest BCUT2D eigenvalue weighted by molar-refractivity contribution is 0.0526. The highest BCUT2D eigenvalue weighted by atomic mass is 19.1. The normalized spacial score (nSPS) is 10.5. The van der Waals surface area contributed by atoms with Crippen molar-refractivity contribution in [3.8, 4) is 40.5 Å². The number of aromatic nitrogens is 1. The van der Waals surface area contributed by atoms with Crippen LogP contribution in [0.3, 0.4) is 0 Å². The first kappa shape index (κ1) is 31.5. The number of nitrogens with one attached hydrogen (secondary N) is 3. The Morgan fingerprint density at radius 2 is 1.58 bits per heavy atom. The lowest BCUT2D eigenvalue weighted by atomic mass is 10.1. The molecule has 0 saturated carbocycles. The highest BCUT2D eigenvalue weighted by Crippen LogP contribution is 2.41. The number of aromatic hydroxyl groups is 1. The van der Waals surface area contributed by atoms with Crippen molar-refractivity contribution in [1.82, 2.24) is 4.98 Å². The summed E-state index contributed by atoms with van der Waals surface area (Å²) in [5, 5.41) is 37.3. The fraction of sp³-hybridized carbons (Fsp3) is 0.0690. The number of rotatable bonds is 11. The van der Waals surface area contributed by atoms with Gasteiger partial charge in [-0.2, -0.15) is 13.8 Å². The zero-order valence-electron chi connectivity index (χ0n) is 23.2. The lowest BCUT2D eigenvalue weighted by Gasteiger charge is -2.16. The third kappa shape index (κ3) is 7.50. The number of anilines is 1. The van der Waals surface area contributed by atoms with Crippen LogP contribution < -0.4 is 31.0 Å². The van der Waals surface area contributed by atoms with E-state index in [4.69, 9.17) is 41.2 Å². The summed E-state index contributed by atoms with van der Waals surface area (Å²) in [6.45, 7) is 1.49. The molecule has 0 unspecified atom stereocenters. The molecule has 0 bridgehead atoms. The highest BCUT2D eigenvalue weighted by Gasteiger charge is 2.27. The second-order valence-corrected chi connectivity index (χ2v) is 8.92. The van der Waals surface area contributed by atoms with Crippen LogP contribution in [-0.2, 0) is 4.74 Å². The van der Waals surface area contributed by atoms with E-state index in [-0.39, 0.29) is 29.2 Å². The molecule has 4 aromatic rings. The Labute approximate surface area is 252 Å². The van der Waals surface area contributed by atoms with Crippen LogP contribution in [0, 0.1) is 22.5 Å². The molecule has 0 aliphatic heterocycles. The number of nitrogens with zero attached hydrogens (tertiary/aromatic N) is 1. The molecular weight excluding hydrogens is 598 g/mol. The van der Waals surface area contributed by atoms with Crippen LogP contribution >= 0.6 is 0 Å². The number of phenolic OH excluding ortho intramolecular Hbond substituents is 1. The molecule has 14 nitrogen and oxygen atoms in total. The predicted molar refractivity (Wildman–Crippen MR) is 155 cm³/mol. The first-order chi connectivity index (χ1) is 21.4. The summed E-state index contributed by atoms with van der Waals surface area (Å²) in [6.07, 6.45) is 0. The Kier molecular flexibility index (Phi) is 9.26. The summed E-state index contributed by atoms with van der Waals surface area (Å²) in [4.78, 5) is 27.8. The third-order valence-corrected chi connectivity index (χ3v) is 5.67. The van der Waals surface area contributed by atoms with Gasteiger partial charge in [-0.15, -0.1) is 0 Å². The summed E-state index contributed by atoms with van der Waals surface area (Å²) in [5.74, 6) is -10.8. The van der Waals surface area contributed by atoms with E-state index >= 15 is 8.78 Å². The number of nitrogen functional groups attached to an aromatic ring is 1. The minimum Gasteiger partial charge on any atom is -0.504 e. The first-order valence-electron chi connectivity index (χ1n) is 12.7. The van der Waals surface area contributed by atoms with Crippen LogP contribution in [0.5, 0.6) is 40.5 Å². The summed E-state index contributed by atoms with van der Waals surface area (Å²) in [7, 11) is 0. The number of hydrogen-bond donors (Lipinski definition) is 7. The number of benzene rings is 3. The van der Waals surface area contributed by atoms with Crippen LogP contribution in [-0.4, -0.2) is 45.5 Å². The molecule has 4 rings (SSSR count). The molecule has 0 radical (unpaired) electrons. The first-order valence-corrected chi connectivity index (χ1v) is 12.7. The molecule has 0 aliphatic carbocycles. The molecular formula is C29H24F2N6O8. The molecule has 3 aromatic carbocycles. The van der Waals surface area contributed by atoms with Crippen LogP contribution in [0.2, 0.25) is 0 Å². The topological polar surface area (TPSA) is 236 Å². The number of ether oxygens (including phenoxy) is 4. The Bertz CT molecular complexity index is 1840. The number of carbonyl (C=O) groups excluding carboxylic acids is 1. The number of esters is 1. The van der Waals surface area contributed by atoms with Crippen LogP contribution in [0.15, 0.2) is 60.7 Å². The summed E-state index contributed by atoms with van der Waals surface area (Å²) in [6, 6.07) is 12.1. The maximum atomic E-state index is 15.8. The number of hydrogen-bond acceptors (Lipinski definition) is 10. The average Bonchev–Trinajstić information content (AvgIpc) is 2.98. The van der Waals surface area contributed by atoms with Crippen molar-refractivity contribution < 1.29 is 47.5 Å². The molecule has 0 spiro atoms. The van der Waals surface area contributed by atoms with E-state index in [1.165, 1.54) is 37.3 Å². The van der Waals surface area contributed by atoms with Gasteiger partial charge in [0.2, 0.25) is 17.4 Å². The van der Waals surface area contributed by atoms with Crippen molar-refractivity contribution in [2.75, 3.05) is 11.9 Å². The smallest absolute Gasteiger partial charge is 0.338 e. The Hall–Kier alpha value is -6.45. The molecule has 0 saturated heterocycles. The van der Waals surface area contributed by atoms with Gasteiger partial charge >= 0.3 is 11.9 Å². The van der Waals surface area contributed by atoms with Gasteiger partial charge in [0.05, 0.1) is 17.7 Å². The summed E-state index contributed by atoms with van der Waals surface area (Å²) >= 11 is 0. The number of pyridine rings is 1. The summed E-state index contributed by atoms with van der Waals surface area (Å²) in [5.41, 5.74) is 10.5. The van der Waals surface area contributed by atoms with Crippen molar-refractivity contribution >= 4 is 29.4 Å². The molecule has 9 N–H and O–H groups in total. The molecule has 0 atom stereocenters. The van der Waals surface area contributed by atoms with Crippen molar-refractivity contribution in [3.63, 3.8) is 0 Å². The van der Waals surface area contributed by atoms with Crippen LogP contribution in [0.4, 0.5) is 14.5 Å². The molecule has 0 amide bonds. The Morgan fingerprint density at radius 1 is 0.889 bits per heavy atom. The largest absolute Gasteiger partial charge is 0.504 e. The number of carboxylic acids is 1. The third-order valence-electron chi connectivity index (χ3n) is 5.67. The standard InChI is InChI=1S/C29H24F2N6O8/c1-2-42-28(41)15-8-14(27(39)40)9-18(10-15)43-23-21(30)25(44-17-5-3-4-16(12-17)36-29(34)35)37-26(22(23)31)45-20-11-13(24(32)33)6-7-19(20)38/h3-12,38H,2H2,1H3,(H3,32,33)(H,39,40)(H4,34,35,36). The van der Waals surface area contributed by atoms with E-state index in [2.05, 4.69) is 10.3 Å². The minimum atomic E-state index is -1.56. The Balaban J connectivity index is 1.86. The Morgan fingerprint density at radius 3 is 2.22 bits per heavy atom. The summed E-state index contributed by atoms with van der Waals surface area (Å²) < 4.78 is 53.0. The van der Waals surface area contributed by atoms with Gasteiger partial charge in [-0.3, -0.25) is 10.8 Å². The number of guanidine groups is 1. The zero-order valence-corrected chi connectivity index (χ0v) is 23.2. The van der Waals surface area contributed by atoms with Crippen molar-refractivity contribution in [1.29, 1.82) is 10.8 Å². The molecule has 1 aromatic heterocycles. The van der Waals surface area contributed by atoms with Gasteiger partial charge in [0, 0.05) is 17.3 Å². The van der Waals surface area contributed by atoms with E-state index in [9.17, 15) is 19.8 Å². The molecule has 45 heavy (non-hydrogen) atoms. The van der Waals surface area contributed by atoms with Gasteiger partial charge in [0.15, 0.2) is 17.5 Å². The van der Waals surface area contributed by atoms with Gasteiger partial charge in [-0.1, -0.05) is 6.07 Å². The monoisotopic (exact) mass is 622 g/mol. The second-order valence-electron chi connectivity index (χ2n) is 8.92. The molecule has 0 fully saturated rings. The quantitative estimate of drug-likeness (QED) is 0.0671. The van der Waals surface area contributed by atoms with Crippen molar-refractivity contribution in [2.45, 2.75) is 6.92 Å². The van der Waals surface area contributed by atoms with Gasteiger partial charge < -0.3 is 45.9 Å². The van der Waals surface area contributed by atoms with Crippen LogP contribution in [0.25, 0.3) is 0 Å². The average molecular weight is 623 g/mol. The number of amidine groups is 1. The van der Waals surface area contributed by atoms with Gasteiger partial charge in [0.1, 0.15) is 17.3 Å². The number of nitrogens with two attached hydrogens (primary N) is 2. The van der Waals surface area contributed by atoms with Gasteiger partial charge in [-0.25, -0.2) is 9.59 Å². The maximum Gasteiger partial charge on any atom is 0.338 e. The molecule has 0 aliphatic rings. The minimum absolute atomic E-state index is 0.0395. The van der Waals surface area contributed by atoms with Gasteiger partial charge in [0.25, 0.3) is 11.8 Å². The fourth-order valence-electron chi connectivity index (χ4n) is 3.71. The second kappa shape index (κ2) is 13.2. The number of carboxylic acid groups (broad SMARTS) is 1. The zero-order chi connectivity index (χ0) is 32.8. The van der Waals surface area contributed by atoms with Crippen LogP contribution in [0.1, 0.15) is 33.2 Å². The van der Waals surface area contributed by atoms with E-state index < -0.39 is 75.7 Å². The molecule has 1 heterocycles. The van der Waals surface area contributed by atoms with E-state index in [0.29, 0.717) is 0 Å². The lowest BCUT2D eigenvalue weighted by Crippen LogP contribution is -2.20. The SMILES string of the molecule is CCOC(=O)c1cc(Oc2c(F)c(Oc3cccc(NC(=N)N)c3)nc(Oc3cc(C(=N)N)ccc3O)c2F)cc(C(=O)O)c1. The van der Waals surface area contributed by atoms with E-state index in [1.54, 1.807) is 0 Å². The fourth-order valence-corrected chi connectivity index (χ4v) is 3.71. The van der Waals surface area contributed by atoms with Gasteiger partial charge in [-0.05, 0) is 55.5 Å². The van der Waals surface area contributed by atoms with Crippen molar-refractivity contribution in [3.05, 3.63) is 89.0 Å². The van der Waals surface area contributed by atoms with E-state index in [1.807, 2.05) is 0 Å². The number of phenols is 1. The molecule has 232 valence electrons. The maximum absolute atomic E-state index is 15.8. The van der Waals surface area contributed by atoms with E-state index in [0.717, 1.165) is 30.3 Å². The van der Waals surface area contributed by atoms with Crippen molar-refractivity contribution in [2.24, 2.45) is 11.5 Å². The number of aromatic carboxylic acids is 1. The highest BCUT2D eigenvalue weighted by molar-refractivity contribution is 5.96. The number of carbonyl (C=O) groups is 2. The molecule has 16 heteroatoms. The predicted octanol–water partition coefficient (Wildman–Crippen LogP) is 4.91.